The van der Waals surface area contributed by atoms with Gasteiger partial charge in [0.1, 0.15) is 25.3 Å². The molecule has 3 heterocycles. The van der Waals surface area contributed by atoms with E-state index >= 15 is 0 Å². The summed E-state index contributed by atoms with van der Waals surface area (Å²) >= 11 is 0. The summed E-state index contributed by atoms with van der Waals surface area (Å²) in [6, 6.07) is 12.4. The van der Waals surface area contributed by atoms with Gasteiger partial charge in [-0.25, -0.2) is 13.2 Å². The summed E-state index contributed by atoms with van der Waals surface area (Å²) in [5.41, 5.74) is -0.389. The van der Waals surface area contributed by atoms with Gasteiger partial charge in [-0.3, -0.25) is 14.5 Å². The van der Waals surface area contributed by atoms with E-state index in [1.165, 1.54) is 4.90 Å². The minimum atomic E-state index is -3.27. The summed E-state index contributed by atoms with van der Waals surface area (Å²) in [5.74, 6) is -0.267. The van der Waals surface area contributed by atoms with Crippen molar-refractivity contribution < 1.29 is 32.3 Å². The minimum Gasteiger partial charge on any atom is -0.486 e. The number of para-hydroxylation sites is 1. The van der Waals surface area contributed by atoms with Gasteiger partial charge < -0.3 is 19.7 Å². The highest BCUT2D eigenvalue weighted by Crippen LogP contribution is 2.37. The van der Waals surface area contributed by atoms with Gasteiger partial charge in [-0.2, -0.15) is 0 Å². The fourth-order valence-corrected chi connectivity index (χ4v) is 6.43. The lowest BCUT2D eigenvalue weighted by Crippen LogP contribution is -2.48. The fraction of sp³-hybridized carbons (Fsp3) is 0.375. The molecule has 0 spiro atoms. The van der Waals surface area contributed by atoms with Gasteiger partial charge in [0.25, 0.3) is 5.91 Å². The molecule has 0 aliphatic carbocycles. The van der Waals surface area contributed by atoms with Gasteiger partial charge in [-0.05, 0) is 43.2 Å². The molecule has 2 aromatic rings. The number of hydrogen-bond acceptors (Lipinski definition) is 7. The smallest absolute Gasteiger partial charge is 0.325 e. The summed E-state index contributed by atoms with van der Waals surface area (Å²) in [5, 5.41) is 2.69. The third-order valence-electron chi connectivity index (χ3n) is 6.56. The van der Waals surface area contributed by atoms with Crippen molar-refractivity contribution in [1.29, 1.82) is 0 Å². The first kappa shape index (κ1) is 23.2. The summed E-state index contributed by atoms with van der Waals surface area (Å²) in [6.07, 6.45) is 0.290. The van der Waals surface area contributed by atoms with Gasteiger partial charge in [0.15, 0.2) is 21.3 Å². The van der Waals surface area contributed by atoms with Crippen LogP contribution in [0.4, 0.5) is 10.5 Å². The van der Waals surface area contributed by atoms with Gasteiger partial charge in [-0.1, -0.05) is 24.3 Å². The predicted molar refractivity (Wildman–Crippen MR) is 126 cm³/mol. The molecule has 184 valence electrons. The highest BCUT2D eigenvalue weighted by molar-refractivity contribution is 7.91. The van der Waals surface area contributed by atoms with Gasteiger partial charge in [0.05, 0.1) is 17.5 Å². The van der Waals surface area contributed by atoms with Crippen LogP contribution in [0.25, 0.3) is 0 Å². The summed E-state index contributed by atoms with van der Waals surface area (Å²) in [4.78, 5) is 42.0. The van der Waals surface area contributed by atoms with Crippen molar-refractivity contribution in [3.63, 3.8) is 0 Å². The molecule has 0 saturated carbocycles. The van der Waals surface area contributed by atoms with E-state index < -0.39 is 45.8 Å². The van der Waals surface area contributed by atoms with Crippen molar-refractivity contribution in [2.75, 3.05) is 36.2 Å². The number of hydrogen-bond donors (Lipinski definition) is 1. The molecule has 3 aliphatic heterocycles. The van der Waals surface area contributed by atoms with Crippen LogP contribution in [-0.2, 0) is 25.0 Å². The molecule has 2 aromatic carbocycles. The zero-order valence-corrected chi connectivity index (χ0v) is 19.9. The van der Waals surface area contributed by atoms with Crippen LogP contribution in [0.2, 0.25) is 0 Å². The van der Waals surface area contributed by atoms with E-state index in [2.05, 4.69) is 5.32 Å². The van der Waals surface area contributed by atoms with E-state index in [-0.39, 0.29) is 17.9 Å². The molecular weight excluding hydrogens is 474 g/mol. The van der Waals surface area contributed by atoms with Crippen molar-refractivity contribution in [2.24, 2.45) is 0 Å². The molecule has 35 heavy (non-hydrogen) atoms. The molecule has 2 fully saturated rings. The largest absolute Gasteiger partial charge is 0.486 e. The lowest BCUT2D eigenvalue weighted by molar-refractivity contribution is -0.134. The highest BCUT2D eigenvalue weighted by Gasteiger charge is 2.50. The Morgan fingerprint density at radius 1 is 1.11 bits per heavy atom. The Morgan fingerprint density at radius 2 is 1.83 bits per heavy atom. The molecule has 11 heteroatoms. The van der Waals surface area contributed by atoms with Crippen molar-refractivity contribution >= 4 is 33.4 Å². The molecule has 1 N–H and O–H groups in total. The number of carbonyl (C=O) groups is 3. The molecule has 5 rings (SSSR count). The summed E-state index contributed by atoms with van der Waals surface area (Å²) < 4.78 is 35.3. The van der Waals surface area contributed by atoms with Crippen LogP contribution in [0.15, 0.2) is 48.5 Å². The van der Waals surface area contributed by atoms with Gasteiger partial charge in [0, 0.05) is 5.69 Å². The number of nitrogens with zero attached hydrogens (tertiary/aromatic N) is 2. The fourth-order valence-electron chi connectivity index (χ4n) is 4.73. The molecule has 2 atom stereocenters. The number of sulfone groups is 1. The first-order valence-electron chi connectivity index (χ1n) is 11.3. The van der Waals surface area contributed by atoms with Crippen LogP contribution in [0, 0.1) is 0 Å². The maximum Gasteiger partial charge on any atom is 0.325 e. The molecule has 0 aromatic heterocycles. The first-order chi connectivity index (χ1) is 16.7. The number of urea groups is 1. The van der Waals surface area contributed by atoms with Crippen molar-refractivity contribution in [3.05, 3.63) is 54.1 Å². The van der Waals surface area contributed by atoms with Crippen LogP contribution in [0.3, 0.4) is 0 Å². The average Bonchev–Trinajstić information content (AvgIpc) is 3.30. The van der Waals surface area contributed by atoms with Crippen LogP contribution < -0.4 is 19.7 Å². The van der Waals surface area contributed by atoms with E-state index in [0.29, 0.717) is 36.0 Å². The zero-order valence-electron chi connectivity index (χ0n) is 19.1. The van der Waals surface area contributed by atoms with Crippen molar-refractivity contribution in [3.8, 4) is 11.5 Å². The van der Waals surface area contributed by atoms with E-state index in [9.17, 15) is 22.8 Å². The zero-order chi connectivity index (χ0) is 24.8. The van der Waals surface area contributed by atoms with E-state index in [1.54, 1.807) is 55.5 Å². The van der Waals surface area contributed by atoms with E-state index in [1.807, 2.05) is 0 Å². The third kappa shape index (κ3) is 4.20. The molecule has 3 aliphatic rings. The van der Waals surface area contributed by atoms with Crippen molar-refractivity contribution in [2.45, 2.75) is 24.9 Å². The maximum atomic E-state index is 13.4. The van der Waals surface area contributed by atoms with Gasteiger partial charge in [-0.15, -0.1) is 0 Å². The van der Waals surface area contributed by atoms with Crippen LogP contribution >= 0.6 is 0 Å². The maximum absolute atomic E-state index is 13.4. The second-order valence-corrected chi connectivity index (χ2v) is 11.2. The number of anilines is 1. The number of imide groups is 1. The second kappa shape index (κ2) is 8.56. The highest BCUT2D eigenvalue weighted by atomic mass is 32.2. The Morgan fingerprint density at radius 3 is 2.51 bits per heavy atom. The van der Waals surface area contributed by atoms with Gasteiger partial charge in [0.2, 0.25) is 5.91 Å². The van der Waals surface area contributed by atoms with E-state index in [4.69, 9.17) is 9.47 Å². The number of rotatable bonds is 5. The second-order valence-electron chi connectivity index (χ2n) is 8.96. The molecule has 2 saturated heterocycles. The predicted octanol–water partition coefficient (Wildman–Crippen LogP) is 1.45. The first-order valence-corrected chi connectivity index (χ1v) is 13.1. The third-order valence-corrected chi connectivity index (χ3v) is 8.31. The quantitative estimate of drug-likeness (QED) is 0.618. The molecule has 10 nitrogen and oxygen atoms in total. The Bertz CT molecular complexity index is 1300. The SMILES string of the molecule is C[C@@]1(c2ccc3c(c2)OCCO3)NC(=O)N(CC(=O)N(c2ccccc2)[C@@H]2CCS(=O)(=O)C2)C1=O. The van der Waals surface area contributed by atoms with Crippen LogP contribution in [0.1, 0.15) is 18.9 Å². The lowest BCUT2D eigenvalue weighted by Gasteiger charge is -2.30. The van der Waals surface area contributed by atoms with E-state index in [0.717, 1.165) is 4.90 Å². The Kier molecular flexibility index (Phi) is 5.66. The number of nitrogens with one attached hydrogen (secondary N) is 1. The standard InChI is InChI=1S/C24H25N3O7S/c1-24(16-7-8-19-20(13-16)34-11-10-33-19)22(29)26(23(30)25-24)14-21(28)27(17-5-3-2-4-6-17)18-9-12-35(31,32)15-18/h2-8,13,18H,9-12,14-15H2,1H3,(H,25,30)/t18-,24+/m1/s1. The Labute approximate surface area is 202 Å². The van der Waals surface area contributed by atoms with Gasteiger partial charge >= 0.3 is 6.03 Å². The number of benzene rings is 2. The summed E-state index contributed by atoms with van der Waals surface area (Å²) in [6.45, 7) is 1.85. The number of fused-ring (bicyclic) bond motifs is 1. The lowest BCUT2D eigenvalue weighted by atomic mass is 9.91. The summed E-state index contributed by atoms with van der Waals surface area (Å²) in [7, 11) is -3.27. The topological polar surface area (TPSA) is 122 Å². The monoisotopic (exact) mass is 499 g/mol. The Hall–Kier alpha value is -3.60. The van der Waals surface area contributed by atoms with Crippen LogP contribution in [0.5, 0.6) is 11.5 Å². The Balaban J connectivity index is 1.40. The average molecular weight is 500 g/mol. The van der Waals surface area contributed by atoms with Crippen LogP contribution in [-0.4, -0.2) is 68.5 Å². The number of carbonyl (C=O) groups excluding carboxylic acids is 3. The minimum absolute atomic E-state index is 0.0143. The molecule has 0 radical (unpaired) electrons. The molecule has 0 unspecified atom stereocenters. The molecular formula is C24H25N3O7S. The van der Waals surface area contributed by atoms with Crippen molar-refractivity contribution in [1.82, 2.24) is 10.2 Å². The molecule has 0 bridgehead atoms. The number of ether oxygens (including phenoxy) is 2. The normalized spacial score (nSPS) is 24.8. The molecule has 4 amide bonds. The number of amides is 4.